The van der Waals surface area contributed by atoms with E-state index in [1.165, 1.54) is 0 Å². The van der Waals surface area contributed by atoms with Crippen LogP contribution in [0.15, 0.2) is 24.3 Å². The number of aromatic hydroxyl groups is 1. The molecule has 0 spiro atoms. The fourth-order valence-corrected chi connectivity index (χ4v) is 2.12. The van der Waals surface area contributed by atoms with E-state index in [2.05, 4.69) is 5.32 Å². The number of ether oxygens (including phenoxy) is 1. The lowest BCUT2D eigenvalue weighted by Crippen LogP contribution is -2.39. The molecule has 18 heavy (non-hydrogen) atoms. The van der Waals surface area contributed by atoms with Gasteiger partial charge in [0.25, 0.3) is 0 Å². The van der Waals surface area contributed by atoms with Crippen LogP contribution in [0.3, 0.4) is 0 Å². The van der Waals surface area contributed by atoms with Gasteiger partial charge in [0.2, 0.25) is 5.91 Å². The normalized spacial score (nSPS) is 22.9. The van der Waals surface area contributed by atoms with Crippen molar-refractivity contribution < 1.29 is 14.6 Å². The Morgan fingerprint density at radius 3 is 2.78 bits per heavy atom. The van der Waals surface area contributed by atoms with Crippen LogP contribution in [-0.4, -0.2) is 29.8 Å². The minimum Gasteiger partial charge on any atom is -0.508 e. The van der Waals surface area contributed by atoms with E-state index in [-0.39, 0.29) is 23.8 Å². The predicted octanol–water partition coefficient (Wildman–Crippen LogP) is 1.62. The smallest absolute Gasteiger partial charge is 0.220 e. The molecule has 2 rings (SSSR count). The molecule has 1 aromatic rings. The van der Waals surface area contributed by atoms with Gasteiger partial charge in [-0.25, -0.2) is 0 Å². The lowest BCUT2D eigenvalue weighted by molar-refractivity contribution is -0.122. The molecule has 0 bridgehead atoms. The predicted molar refractivity (Wildman–Crippen MR) is 68.4 cm³/mol. The van der Waals surface area contributed by atoms with Gasteiger partial charge in [-0.2, -0.15) is 0 Å². The number of benzene rings is 1. The van der Waals surface area contributed by atoms with Crippen LogP contribution in [0, 0.1) is 0 Å². The number of hydrogen-bond acceptors (Lipinski definition) is 3. The number of rotatable bonds is 4. The molecule has 0 saturated carbocycles. The van der Waals surface area contributed by atoms with Crippen molar-refractivity contribution in [3.05, 3.63) is 29.8 Å². The van der Waals surface area contributed by atoms with Crippen molar-refractivity contribution in [2.75, 3.05) is 6.61 Å². The highest BCUT2D eigenvalue weighted by Crippen LogP contribution is 2.14. The number of amides is 1. The second kappa shape index (κ2) is 5.87. The number of phenolic OH excluding ortho intramolecular Hbond substituents is 1. The molecule has 0 radical (unpaired) electrons. The average molecular weight is 249 g/mol. The van der Waals surface area contributed by atoms with Crippen LogP contribution in [0.1, 0.15) is 25.3 Å². The van der Waals surface area contributed by atoms with E-state index >= 15 is 0 Å². The summed E-state index contributed by atoms with van der Waals surface area (Å²) in [6, 6.07) is 7.10. The summed E-state index contributed by atoms with van der Waals surface area (Å²) in [7, 11) is 0. The first-order valence-electron chi connectivity index (χ1n) is 6.34. The Morgan fingerprint density at radius 1 is 1.44 bits per heavy atom. The summed E-state index contributed by atoms with van der Waals surface area (Å²) in [4.78, 5) is 11.8. The van der Waals surface area contributed by atoms with Gasteiger partial charge in [0, 0.05) is 13.0 Å². The Hall–Kier alpha value is -1.55. The van der Waals surface area contributed by atoms with Crippen molar-refractivity contribution in [2.45, 2.75) is 38.3 Å². The van der Waals surface area contributed by atoms with Crippen molar-refractivity contribution in [3.8, 4) is 5.75 Å². The highest BCUT2D eigenvalue weighted by atomic mass is 16.5. The number of nitrogens with one attached hydrogen (secondary N) is 1. The van der Waals surface area contributed by atoms with Crippen LogP contribution in [-0.2, 0) is 16.0 Å². The zero-order chi connectivity index (χ0) is 13.0. The van der Waals surface area contributed by atoms with E-state index < -0.39 is 0 Å². The first-order chi connectivity index (χ1) is 8.65. The maximum atomic E-state index is 11.8. The zero-order valence-corrected chi connectivity index (χ0v) is 10.6. The summed E-state index contributed by atoms with van der Waals surface area (Å²) >= 11 is 0. The summed E-state index contributed by atoms with van der Waals surface area (Å²) in [6.07, 6.45) is 2.16. The molecule has 2 unspecified atom stereocenters. The highest BCUT2D eigenvalue weighted by molar-refractivity contribution is 5.76. The molecule has 0 aromatic heterocycles. The summed E-state index contributed by atoms with van der Waals surface area (Å²) in [5.74, 6) is 0.311. The standard InChI is InChI=1S/C14H19NO3/c1-10-13(8-9-18-10)15-14(17)7-4-11-2-5-12(16)6-3-11/h2-3,5-6,10,13,16H,4,7-9H2,1H3,(H,15,17). The Labute approximate surface area is 107 Å². The Bertz CT molecular complexity index is 402. The van der Waals surface area contributed by atoms with Crippen molar-refractivity contribution >= 4 is 5.91 Å². The Balaban J connectivity index is 1.76. The van der Waals surface area contributed by atoms with Gasteiger partial charge < -0.3 is 15.2 Å². The third kappa shape index (κ3) is 3.47. The van der Waals surface area contributed by atoms with Crippen molar-refractivity contribution in [2.24, 2.45) is 0 Å². The topological polar surface area (TPSA) is 58.6 Å². The first kappa shape index (κ1) is 12.9. The Kier molecular flexibility index (Phi) is 4.20. The largest absolute Gasteiger partial charge is 0.508 e. The summed E-state index contributed by atoms with van der Waals surface area (Å²) in [5, 5.41) is 12.2. The molecule has 1 aliphatic rings. The Morgan fingerprint density at radius 2 is 2.17 bits per heavy atom. The minimum atomic E-state index is 0.0606. The lowest BCUT2D eigenvalue weighted by atomic mass is 10.1. The molecule has 2 atom stereocenters. The molecule has 1 saturated heterocycles. The van der Waals surface area contributed by atoms with Gasteiger partial charge in [-0.1, -0.05) is 12.1 Å². The molecule has 98 valence electrons. The average Bonchev–Trinajstić information content (AvgIpc) is 2.74. The van der Waals surface area contributed by atoms with Crippen LogP contribution in [0.25, 0.3) is 0 Å². The van der Waals surface area contributed by atoms with Crippen LogP contribution < -0.4 is 5.32 Å². The number of carbonyl (C=O) groups excluding carboxylic acids is 1. The van der Waals surface area contributed by atoms with Gasteiger partial charge in [-0.15, -0.1) is 0 Å². The van der Waals surface area contributed by atoms with E-state index in [0.717, 1.165) is 18.6 Å². The SMILES string of the molecule is CC1OCCC1NC(=O)CCc1ccc(O)cc1. The van der Waals surface area contributed by atoms with E-state index in [9.17, 15) is 4.79 Å². The molecule has 1 aliphatic heterocycles. The molecule has 1 heterocycles. The minimum absolute atomic E-state index is 0.0606. The van der Waals surface area contributed by atoms with E-state index in [1.807, 2.05) is 19.1 Å². The van der Waals surface area contributed by atoms with Crippen molar-refractivity contribution in [1.29, 1.82) is 0 Å². The third-order valence-corrected chi connectivity index (χ3v) is 3.30. The molecule has 1 aromatic carbocycles. The third-order valence-electron chi connectivity index (χ3n) is 3.30. The van der Waals surface area contributed by atoms with Gasteiger partial charge in [-0.3, -0.25) is 4.79 Å². The first-order valence-corrected chi connectivity index (χ1v) is 6.34. The van der Waals surface area contributed by atoms with Crippen LogP contribution in [0.2, 0.25) is 0 Å². The maximum Gasteiger partial charge on any atom is 0.220 e. The van der Waals surface area contributed by atoms with Crippen LogP contribution in [0.5, 0.6) is 5.75 Å². The van der Waals surface area contributed by atoms with Gasteiger partial charge in [0.05, 0.1) is 12.1 Å². The summed E-state index contributed by atoms with van der Waals surface area (Å²) in [6.45, 7) is 2.71. The molecular formula is C14H19NO3. The molecular weight excluding hydrogens is 230 g/mol. The fraction of sp³-hybridized carbons (Fsp3) is 0.500. The lowest BCUT2D eigenvalue weighted by Gasteiger charge is -2.15. The van der Waals surface area contributed by atoms with Gasteiger partial charge in [0.15, 0.2) is 0 Å². The van der Waals surface area contributed by atoms with E-state index in [4.69, 9.17) is 9.84 Å². The molecule has 1 fully saturated rings. The number of carbonyl (C=O) groups is 1. The van der Waals surface area contributed by atoms with Crippen molar-refractivity contribution in [3.63, 3.8) is 0 Å². The van der Waals surface area contributed by atoms with Crippen molar-refractivity contribution in [1.82, 2.24) is 5.32 Å². The van der Waals surface area contributed by atoms with E-state index in [0.29, 0.717) is 12.8 Å². The molecule has 2 N–H and O–H groups in total. The number of phenols is 1. The fourth-order valence-electron chi connectivity index (χ4n) is 2.12. The monoisotopic (exact) mass is 249 g/mol. The second-order valence-corrected chi connectivity index (χ2v) is 4.71. The second-order valence-electron chi connectivity index (χ2n) is 4.71. The van der Waals surface area contributed by atoms with Gasteiger partial charge >= 0.3 is 0 Å². The van der Waals surface area contributed by atoms with Gasteiger partial charge in [0.1, 0.15) is 5.75 Å². The van der Waals surface area contributed by atoms with Crippen LogP contribution >= 0.6 is 0 Å². The summed E-state index contributed by atoms with van der Waals surface area (Å²) in [5.41, 5.74) is 1.05. The zero-order valence-electron chi connectivity index (χ0n) is 10.6. The highest BCUT2D eigenvalue weighted by Gasteiger charge is 2.25. The summed E-state index contributed by atoms with van der Waals surface area (Å²) < 4.78 is 5.40. The molecule has 4 heteroatoms. The molecule has 4 nitrogen and oxygen atoms in total. The molecule has 1 amide bonds. The van der Waals surface area contributed by atoms with E-state index in [1.54, 1.807) is 12.1 Å². The quantitative estimate of drug-likeness (QED) is 0.852. The molecule has 0 aliphatic carbocycles. The van der Waals surface area contributed by atoms with Crippen LogP contribution in [0.4, 0.5) is 0 Å². The number of aryl methyl sites for hydroxylation is 1. The maximum absolute atomic E-state index is 11.8. The number of hydrogen-bond donors (Lipinski definition) is 2. The van der Waals surface area contributed by atoms with Gasteiger partial charge in [-0.05, 0) is 37.5 Å².